The zero-order valence-corrected chi connectivity index (χ0v) is 18.8. The van der Waals surface area contributed by atoms with E-state index in [2.05, 4.69) is 26.0 Å². The highest BCUT2D eigenvalue weighted by molar-refractivity contribution is 6.33. The molecule has 0 unspecified atom stereocenters. The molecule has 2 aliphatic heterocycles. The van der Waals surface area contributed by atoms with Crippen molar-refractivity contribution in [3.8, 4) is 12.3 Å². The molecule has 1 aromatic heterocycles. The van der Waals surface area contributed by atoms with E-state index in [0.717, 1.165) is 51.5 Å². The molecule has 0 aromatic carbocycles. The fourth-order valence-corrected chi connectivity index (χ4v) is 5.46. The lowest BCUT2D eigenvalue weighted by Gasteiger charge is -2.40. The minimum Gasteiger partial charge on any atom is -0.436 e. The Morgan fingerprint density at radius 1 is 1.28 bits per heavy atom. The third-order valence-electron chi connectivity index (χ3n) is 7.03. The first-order chi connectivity index (χ1) is 15.4. The number of carbonyl (C=O) groups excluding carboxylic acids is 2. The van der Waals surface area contributed by atoms with Crippen molar-refractivity contribution in [2.75, 3.05) is 36.5 Å². The Kier molecular flexibility index (Phi) is 6.77. The van der Waals surface area contributed by atoms with Crippen molar-refractivity contribution in [1.29, 1.82) is 0 Å². The molecule has 3 fully saturated rings. The number of anilines is 2. The Labute approximate surface area is 193 Å². The number of nitrogens with zero attached hydrogens (tertiary/aromatic N) is 3. The van der Waals surface area contributed by atoms with Crippen molar-refractivity contribution in [3.63, 3.8) is 0 Å². The van der Waals surface area contributed by atoms with Gasteiger partial charge < -0.3 is 19.6 Å². The fraction of sp³-hybridized carbons (Fsp3) is 0.609. The average Bonchev–Trinajstić information content (AvgIpc) is 3.09. The Morgan fingerprint density at radius 3 is 2.62 bits per heavy atom. The summed E-state index contributed by atoms with van der Waals surface area (Å²) in [5, 5.41) is 12.7. The third kappa shape index (κ3) is 4.64. The van der Waals surface area contributed by atoms with Crippen LogP contribution in [0.2, 0.25) is 5.02 Å². The molecule has 0 bridgehead atoms. The second-order valence-corrected chi connectivity index (χ2v) is 9.32. The Bertz CT molecular complexity index is 902. The van der Waals surface area contributed by atoms with Crippen LogP contribution in [0, 0.1) is 17.8 Å². The number of pyridine rings is 1. The van der Waals surface area contributed by atoms with Gasteiger partial charge in [0.1, 0.15) is 5.82 Å². The number of aromatic nitrogens is 1. The van der Waals surface area contributed by atoms with Crippen molar-refractivity contribution in [3.05, 3.63) is 17.3 Å². The van der Waals surface area contributed by atoms with E-state index in [1.54, 1.807) is 6.07 Å². The highest BCUT2D eigenvalue weighted by Gasteiger charge is 2.50. The van der Waals surface area contributed by atoms with Gasteiger partial charge in [-0.2, -0.15) is 0 Å². The monoisotopic (exact) mass is 460 g/mol. The van der Waals surface area contributed by atoms with Gasteiger partial charge in [-0.05, 0) is 51.0 Å². The van der Waals surface area contributed by atoms with E-state index in [1.807, 2.05) is 0 Å². The van der Waals surface area contributed by atoms with Gasteiger partial charge in [-0.15, -0.1) is 6.42 Å². The maximum Gasteiger partial charge on any atom is 0.412 e. The first-order valence-corrected chi connectivity index (χ1v) is 11.6. The number of halogens is 1. The van der Waals surface area contributed by atoms with Crippen LogP contribution in [0.3, 0.4) is 0 Å². The Balaban J connectivity index is 1.35. The molecule has 2 N–H and O–H groups in total. The summed E-state index contributed by atoms with van der Waals surface area (Å²) in [6, 6.07) is 1.90. The van der Waals surface area contributed by atoms with Crippen LogP contribution in [0.25, 0.3) is 0 Å². The molecule has 1 saturated carbocycles. The van der Waals surface area contributed by atoms with Gasteiger partial charge in [0, 0.05) is 25.7 Å². The number of piperidine rings is 1. The van der Waals surface area contributed by atoms with Crippen LogP contribution in [0.5, 0.6) is 0 Å². The van der Waals surface area contributed by atoms with E-state index < -0.39 is 6.09 Å². The summed E-state index contributed by atoms with van der Waals surface area (Å²) >= 11 is 6.44. The number of ether oxygens (including phenoxy) is 1. The van der Waals surface area contributed by atoms with E-state index in [0.29, 0.717) is 29.6 Å². The second-order valence-electron chi connectivity index (χ2n) is 8.91. The summed E-state index contributed by atoms with van der Waals surface area (Å²) in [5.74, 6) is 3.15. The molecule has 8 nitrogen and oxygen atoms in total. The van der Waals surface area contributed by atoms with Crippen LogP contribution in [0.15, 0.2) is 12.3 Å². The highest BCUT2D eigenvalue weighted by atomic mass is 35.5. The molecule has 0 atom stereocenters. The number of likely N-dealkylation sites (tertiary alicyclic amines) is 1. The van der Waals surface area contributed by atoms with Gasteiger partial charge in [0.05, 0.1) is 28.4 Å². The van der Waals surface area contributed by atoms with E-state index in [9.17, 15) is 14.7 Å². The van der Waals surface area contributed by atoms with E-state index in [4.69, 9.17) is 22.8 Å². The summed E-state index contributed by atoms with van der Waals surface area (Å²) < 4.78 is 4.79. The number of hydrogen-bond acceptors (Lipinski definition) is 6. The van der Waals surface area contributed by atoms with Gasteiger partial charge >= 0.3 is 6.09 Å². The number of terminal acetylenes is 1. The fourth-order valence-electron chi connectivity index (χ4n) is 5.17. The first kappa shape index (κ1) is 22.7. The lowest BCUT2D eigenvalue weighted by molar-refractivity contribution is -0.139. The van der Waals surface area contributed by atoms with Gasteiger partial charge in [0.25, 0.3) is 0 Å². The zero-order valence-electron chi connectivity index (χ0n) is 18.1. The highest BCUT2D eigenvalue weighted by Crippen LogP contribution is 2.44. The van der Waals surface area contributed by atoms with Crippen LogP contribution >= 0.6 is 11.6 Å². The van der Waals surface area contributed by atoms with Gasteiger partial charge in [0.15, 0.2) is 6.61 Å². The van der Waals surface area contributed by atoms with Crippen LogP contribution in [0.1, 0.15) is 44.9 Å². The smallest absolute Gasteiger partial charge is 0.412 e. The predicted octanol–water partition coefficient (Wildman–Crippen LogP) is 3.04. The molecule has 2 amide bonds. The molecule has 172 valence electrons. The molecule has 1 aromatic rings. The standard InChI is InChI=1S/C23H29ClN4O4/c1-2-13-32-22(31)26-16-14-19(24)20(25-15-16)27-10-7-23(8-11-27)9-12-28(21(23)30)17-3-5-18(29)6-4-17/h1,14-15,17-18,29H,3-13H2,(H,26,31)/t17-,18+. The van der Waals surface area contributed by atoms with E-state index in [1.165, 1.54) is 6.20 Å². The van der Waals surface area contributed by atoms with Crippen LogP contribution in [-0.4, -0.2) is 65.4 Å². The normalized spacial score (nSPS) is 25.0. The average molecular weight is 461 g/mol. The molecule has 3 heterocycles. The number of amides is 2. The Morgan fingerprint density at radius 2 is 1.97 bits per heavy atom. The molecule has 1 aliphatic carbocycles. The summed E-state index contributed by atoms with van der Waals surface area (Å²) in [4.78, 5) is 33.6. The van der Waals surface area contributed by atoms with Gasteiger partial charge in [-0.1, -0.05) is 17.5 Å². The van der Waals surface area contributed by atoms with Gasteiger partial charge in [0.2, 0.25) is 5.91 Å². The number of hydrogen-bond donors (Lipinski definition) is 2. The van der Waals surface area contributed by atoms with Gasteiger partial charge in [-0.25, -0.2) is 9.78 Å². The number of aliphatic hydroxyl groups is 1. The lowest BCUT2D eigenvalue weighted by Crippen LogP contribution is -2.47. The Hall–Kier alpha value is -2.50. The molecular formula is C23H29ClN4O4. The van der Waals surface area contributed by atoms with Gasteiger partial charge in [-0.3, -0.25) is 10.1 Å². The minimum atomic E-state index is -0.662. The number of rotatable bonds is 4. The molecule has 2 saturated heterocycles. The van der Waals surface area contributed by atoms with Crippen molar-refractivity contribution in [2.45, 2.75) is 57.1 Å². The van der Waals surface area contributed by atoms with Crippen molar-refractivity contribution in [2.24, 2.45) is 5.41 Å². The molecule has 32 heavy (non-hydrogen) atoms. The molecule has 0 radical (unpaired) electrons. The lowest BCUT2D eigenvalue weighted by atomic mass is 9.77. The number of carbonyl (C=O) groups is 2. The van der Waals surface area contributed by atoms with Crippen LogP contribution < -0.4 is 10.2 Å². The topological polar surface area (TPSA) is 95.0 Å². The summed E-state index contributed by atoms with van der Waals surface area (Å²) in [6.07, 6.45) is 11.5. The van der Waals surface area contributed by atoms with Crippen LogP contribution in [0.4, 0.5) is 16.3 Å². The van der Waals surface area contributed by atoms with Crippen molar-refractivity contribution >= 4 is 35.1 Å². The molecule has 4 rings (SSSR count). The molecule has 1 spiro atoms. The van der Waals surface area contributed by atoms with E-state index >= 15 is 0 Å². The van der Waals surface area contributed by atoms with Crippen molar-refractivity contribution in [1.82, 2.24) is 9.88 Å². The largest absolute Gasteiger partial charge is 0.436 e. The molecule has 9 heteroatoms. The second kappa shape index (κ2) is 9.55. The molecule has 3 aliphatic rings. The minimum absolute atomic E-state index is 0.112. The zero-order chi connectivity index (χ0) is 22.7. The summed E-state index contributed by atoms with van der Waals surface area (Å²) in [7, 11) is 0. The maximum atomic E-state index is 13.3. The van der Waals surface area contributed by atoms with Crippen molar-refractivity contribution < 1.29 is 19.4 Å². The third-order valence-corrected chi connectivity index (χ3v) is 7.31. The summed E-state index contributed by atoms with van der Waals surface area (Å²) in [5.41, 5.74) is 0.134. The first-order valence-electron chi connectivity index (χ1n) is 11.2. The number of nitrogens with one attached hydrogen (secondary N) is 1. The summed E-state index contributed by atoms with van der Waals surface area (Å²) in [6.45, 7) is 2.10. The number of aliphatic hydroxyl groups excluding tert-OH is 1. The predicted molar refractivity (Wildman–Crippen MR) is 122 cm³/mol. The molecular weight excluding hydrogens is 432 g/mol. The maximum absolute atomic E-state index is 13.3. The van der Waals surface area contributed by atoms with E-state index in [-0.39, 0.29) is 30.1 Å². The van der Waals surface area contributed by atoms with Crippen LogP contribution in [-0.2, 0) is 9.53 Å². The SMILES string of the molecule is C#CCOC(=O)Nc1cnc(N2CCC3(CC2)CCN([C@H]2CC[C@@H](O)CC2)C3=O)c(Cl)c1. The quantitative estimate of drug-likeness (QED) is 0.670.